The maximum Gasteiger partial charge on any atom is 0.410 e. The number of nitrogens with one attached hydrogen (secondary N) is 5. The minimum atomic E-state index is -1.18. The van der Waals surface area contributed by atoms with E-state index in [0.29, 0.717) is 12.8 Å². The Morgan fingerprint density at radius 1 is 0.644 bits per heavy atom. The van der Waals surface area contributed by atoms with Crippen molar-refractivity contribution >= 4 is 53.6 Å². The van der Waals surface area contributed by atoms with Gasteiger partial charge in [-0.1, -0.05) is 108 Å². The highest BCUT2D eigenvalue weighted by molar-refractivity contribution is 5.96. The minimum Gasteiger partial charge on any atom is -0.465 e. The van der Waals surface area contributed by atoms with Crippen molar-refractivity contribution in [2.24, 2.45) is 23.0 Å². The predicted octanol–water partition coefficient (Wildman–Crippen LogP) is 7.21. The summed E-state index contributed by atoms with van der Waals surface area (Å²) in [5.41, 5.74) is 9.92. The first kappa shape index (κ1) is 70.6. The van der Waals surface area contributed by atoms with Crippen molar-refractivity contribution < 1.29 is 57.7 Å². The van der Waals surface area contributed by atoms with Crippen LogP contribution in [0.1, 0.15) is 199 Å². The number of likely N-dealkylation sites (N-methyl/N-ethyl adjacent to an activating group) is 1. The molecule has 4 fully saturated rings. The number of hydrogen-bond acceptors (Lipinski definition) is 13. The largest absolute Gasteiger partial charge is 0.465 e. The second kappa shape index (κ2) is 32.0. The van der Waals surface area contributed by atoms with E-state index >= 15 is 0 Å². The van der Waals surface area contributed by atoms with Crippen molar-refractivity contribution in [3.05, 3.63) is 70.8 Å². The van der Waals surface area contributed by atoms with E-state index in [1.165, 1.54) is 23.1 Å². The number of nitrogens with two attached hydrogens (primary N) is 1. The number of esters is 1. The highest BCUT2D eigenvalue weighted by atomic mass is 16.6. The number of likely N-dealkylation sites (tertiary alicyclic amines) is 2. The molecule has 6 aliphatic rings. The lowest BCUT2D eigenvalue weighted by Crippen LogP contribution is -2.59. The number of rotatable bonds is 19. The maximum absolute atomic E-state index is 14.6. The molecule has 2 aromatic rings. The van der Waals surface area contributed by atoms with E-state index in [9.17, 15) is 48.3 Å². The van der Waals surface area contributed by atoms with Crippen LogP contribution in [0, 0.1) is 17.3 Å². The summed E-state index contributed by atoms with van der Waals surface area (Å²) < 4.78 is 10.5. The zero-order chi connectivity index (χ0) is 65.6. The number of nitrogens with zero attached hydrogens (tertiary/aromatic N) is 4. The molecule has 22 heteroatoms. The number of benzene rings is 2. The summed E-state index contributed by atoms with van der Waals surface area (Å²) >= 11 is 0. The fraction of sp³-hybridized carbons (Fsp3) is 0.691. The number of carboxylic acid groups (broad SMARTS) is 1. The van der Waals surface area contributed by atoms with E-state index in [0.717, 1.165) is 119 Å². The number of fused-ring (bicyclic) bond motifs is 2. The first-order valence-electron chi connectivity index (χ1n) is 33.2. The van der Waals surface area contributed by atoms with Crippen LogP contribution in [0.4, 0.5) is 9.59 Å². The maximum atomic E-state index is 14.6. The van der Waals surface area contributed by atoms with E-state index in [1.54, 1.807) is 51.3 Å². The Morgan fingerprint density at radius 3 is 1.58 bits per heavy atom. The molecular weight excluding hydrogens is 1150 g/mol. The van der Waals surface area contributed by atoms with Gasteiger partial charge < -0.3 is 56.7 Å². The summed E-state index contributed by atoms with van der Waals surface area (Å²) in [6.45, 7) is 16.7. The summed E-state index contributed by atoms with van der Waals surface area (Å²) in [5.74, 6) is -2.69. The van der Waals surface area contributed by atoms with Crippen molar-refractivity contribution in [1.29, 1.82) is 0 Å². The molecule has 498 valence electrons. The van der Waals surface area contributed by atoms with E-state index in [-0.39, 0.29) is 97.8 Å². The van der Waals surface area contributed by atoms with E-state index in [1.807, 2.05) is 51.1 Å². The normalized spacial score (nSPS) is 23.4. The molecule has 2 saturated carbocycles. The summed E-state index contributed by atoms with van der Waals surface area (Å²) in [6, 6.07) is 10.2. The Morgan fingerprint density at radius 2 is 1.11 bits per heavy atom. The van der Waals surface area contributed by atoms with Crippen molar-refractivity contribution in [2.45, 2.75) is 244 Å². The number of amides is 8. The summed E-state index contributed by atoms with van der Waals surface area (Å²) in [7, 11) is 1.50. The van der Waals surface area contributed by atoms with Crippen LogP contribution >= 0.6 is 0 Å². The monoisotopic (exact) mass is 1250 g/mol. The number of aryl methyl sites for hydroxylation is 2. The highest BCUT2D eigenvalue weighted by Gasteiger charge is 2.47. The van der Waals surface area contributed by atoms with Gasteiger partial charge in [0.05, 0.1) is 25.2 Å². The topological polar surface area (TPSA) is 291 Å². The van der Waals surface area contributed by atoms with Gasteiger partial charge in [0.1, 0.15) is 41.9 Å². The zero-order valence-electron chi connectivity index (χ0n) is 55.1. The fourth-order valence-corrected chi connectivity index (χ4v) is 13.9. The molecule has 2 aliphatic heterocycles. The first-order valence-corrected chi connectivity index (χ1v) is 33.2. The molecule has 10 atom stereocenters. The van der Waals surface area contributed by atoms with Gasteiger partial charge in [-0.15, -0.1) is 0 Å². The van der Waals surface area contributed by atoms with E-state index < -0.39 is 71.8 Å². The lowest BCUT2D eigenvalue weighted by Gasteiger charge is -2.37. The highest BCUT2D eigenvalue weighted by Crippen LogP contribution is 2.35. The SMILES string of the molecule is CCOC(=O)CN[C@H]1C[C@@H](C(=O)N[C@@H]2CCCc3ccccc32)N(C(=O)[C@@H](NC(=O)[C@H](C)N(C)C(=O)OC(C)(C)C)C2CCCCC2)C1.C[C@@H](C(=O)N[C@H](C(=O)N1C[C@@H](N)C[C@H]1C(=O)N[C@@H]1CCCc2ccccc21)C1CCCCC1)N(CC(C)(C)C)C(=O)O. The molecular formula is C68H104N10O12. The molecule has 2 aromatic carbocycles. The molecule has 2 heterocycles. The van der Waals surface area contributed by atoms with Crippen LogP contribution < -0.4 is 32.3 Å². The third kappa shape index (κ3) is 19.1. The van der Waals surface area contributed by atoms with Crippen LogP contribution in [0.25, 0.3) is 0 Å². The third-order valence-electron chi connectivity index (χ3n) is 18.8. The van der Waals surface area contributed by atoms with Crippen LogP contribution in [0.5, 0.6) is 0 Å². The van der Waals surface area contributed by atoms with E-state index in [2.05, 4.69) is 44.8 Å². The summed E-state index contributed by atoms with van der Waals surface area (Å²) in [4.78, 5) is 126. The number of carbonyl (C=O) groups excluding carboxylic acids is 8. The van der Waals surface area contributed by atoms with Crippen molar-refractivity contribution in [1.82, 2.24) is 46.2 Å². The average Bonchev–Trinajstić information content (AvgIpc) is 2.01. The van der Waals surface area contributed by atoms with Crippen LogP contribution in [0.2, 0.25) is 0 Å². The van der Waals surface area contributed by atoms with Crippen LogP contribution in [0.3, 0.4) is 0 Å². The van der Waals surface area contributed by atoms with Crippen molar-refractivity contribution in [3.63, 3.8) is 0 Å². The van der Waals surface area contributed by atoms with Crippen LogP contribution in [0.15, 0.2) is 48.5 Å². The fourth-order valence-electron chi connectivity index (χ4n) is 13.9. The minimum absolute atomic E-state index is 0.0395. The van der Waals surface area contributed by atoms with Gasteiger partial charge in [0.2, 0.25) is 35.4 Å². The molecule has 0 unspecified atom stereocenters. The number of ether oxygens (including phenoxy) is 2. The zero-order valence-corrected chi connectivity index (χ0v) is 55.1. The number of carbonyl (C=O) groups is 9. The van der Waals surface area contributed by atoms with Gasteiger partial charge in [0.25, 0.3) is 0 Å². The standard InChI is InChI=1S/C36H55N5O7.C32H49N5O5/c1-7-47-30(42)21-37-26-20-29(33(44)38-28-19-13-17-24-14-11-12-18-27(24)28)41(22-26)34(45)31(25-15-9-8-10-16-25)39-32(43)23(2)40(6)35(46)48-36(3,4)5;1-20(37(31(41)42)19-32(2,3)4)28(38)35-27(22-12-6-5-7-13-22)30(40)36-18-23(33)17-26(36)29(39)34-25-16-10-14-21-11-8-9-15-24(21)25/h11-12,14,18,23,25-26,28-29,31,37H,7-10,13,15-17,19-22H2,1-6H3,(H,38,44)(H,39,43);8-9,11,15,20,22-23,25-27H,5-7,10,12-14,16-19,33H2,1-4H3,(H,34,39)(H,35,38)(H,41,42)/t23-,26-,28+,29-,31-;20-,23-,25+,26-,27-/m00/s1. The van der Waals surface area contributed by atoms with Gasteiger partial charge in [0, 0.05) is 38.8 Å². The first-order chi connectivity index (χ1) is 42.6. The molecule has 0 spiro atoms. The van der Waals surface area contributed by atoms with Crippen LogP contribution in [-0.2, 0) is 55.9 Å². The molecule has 8 rings (SSSR count). The van der Waals surface area contributed by atoms with Gasteiger partial charge in [0.15, 0.2) is 0 Å². The lowest BCUT2D eigenvalue weighted by molar-refractivity contribution is -0.143. The molecule has 8 N–H and O–H groups in total. The predicted molar refractivity (Wildman–Crippen MR) is 341 cm³/mol. The third-order valence-corrected chi connectivity index (χ3v) is 18.8. The van der Waals surface area contributed by atoms with Crippen molar-refractivity contribution in [2.75, 3.05) is 39.8 Å². The molecule has 0 radical (unpaired) electrons. The quantitative estimate of drug-likeness (QED) is 0.0685. The van der Waals surface area contributed by atoms with Gasteiger partial charge >= 0.3 is 18.2 Å². The van der Waals surface area contributed by atoms with E-state index in [4.69, 9.17) is 15.2 Å². The average molecular weight is 1250 g/mol. The molecule has 22 nitrogen and oxygen atoms in total. The van der Waals surface area contributed by atoms with Gasteiger partial charge in [-0.05, 0) is 158 Å². The Balaban J connectivity index is 0.000000258. The Labute approximate surface area is 532 Å². The Hall–Kier alpha value is -6.81. The Bertz CT molecular complexity index is 2830. The molecule has 90 heavy (non-hydrogen) atoms. The van der Waals surface area contributed by atoms with Crippen LogP contribution in [-0.4, -0.2) is 172 Å². The molecule has 2 saturated heterocycles. The van der Waals surface area contributed by atoms with Crippen molar-refractivity contribution in [3.8, 4) is 0 Å². The van der Waals surface area contributed by atoms with Gasteiger partial charge in [-0.2, -0.15) is 0 Å². The molecule has 0 bridgehead atoms. The summed E-state index contributed by atoms with van der Waals surface area (Å²) in [5, 5.41) is 25.4. The smallest absolute Gasteiger partial charge is 0.410 e. The molecule has 0 aromatic heterocycles. The summed E-state index contributed by atoms with van der Waals surface area (Å²) in [6.07, 6.45) is 13.4. The Kier molecular flexibility index (Phi) is 25.1. The second-order valence-electron chi connectivity index (χ2n) is 28.1. The van der Waals surface area contributed by atoms with Gasteiger partial charge in [-0.25, -0.2) is 9.59 Å². The second-order valence-corrected chi connectivity index (χ2v) is 28.1. The lowest BCUT2D eigenvalue weighted by atomic mass is 9.83. The molecule has 8 amide bonds. The van der Waals surface area contributed by atoms with Gasteiger partial charge in [-0.3, -0.25) is 43.4 Å². The number of hydrogen-bond donors (Lipinski definition) is 7. The molecule has 4 aliphatic carbocycles.